The van der Waals surface area contributed by atoms with Crippen molar-refractivity contribution in [3.63, 3.8) is 0 Å². The molecule has 232 valence electrons. The zero-order valence-corrected chi connectivity index (χ0v) is 26.3. The van der Waals surface area contributed by atoms with Crippen LogP contribution in [0.3, 0.4) is 0 Å². The maximum Gasteiger partial charge on any atom is 0.338 e. The Hall–Kier alpha value is -4.75. The highest BCUT2D eigenvalue weighted by atomic mass is 16.5. The molecule has 0 spiro atoms. The molecule has 7 nitrogen and oxygen atoms in total. The topological polar surface area (TPSA) is 96.4 Å². The summed E-state index contributed by atoms with van der Waals surface area (Å²) >= 11 is 0. The van der Waals surface area contributed by atoms with Gasteiger partial charge in [0.05, 0.1) is 23.8 Å². The molecule has 0 aliphatic rings. The fourth-order valence-electron chi connectivity index (χ4n) is 6.06. The van der Waals surface area contributed by atoms with E-state index < -0.39 is 5.92 Å². The first kappa shape index (κ1) is 31.7. The summed E-state index contributed by atoms with van der Waals surface area (Å²) in [6.45, 7) is 7.48. The molecule has 2 aromatic heterocycles. The first-order chi connectivity index (χ1) is 21.9. The largest absolute Gasteiger partial charge is 0.462 e. The van der Waals surface area contributed by atoms with Gasteiger partial charge in [0.25, 0.3) is 0 Å². The maximum absolute atomic E-state index is 13.9. The van der Waals surface area contributed by atoms with Crippen molar-refractivity contribution in [2.45, 2.75) is 53.2 Å². The predicted octanol–water partition coefficient (Wildman–Crippen LogP) is 6.99. The first-order valence-corrected chi connectivity index (χ1v) is 15.6. The van der Waals surface area contributed by atoms with Gasteiger partial charge in [-0.15, -0.1) is 0 Å². The van der Waals surface area contributed by atoms with Crippen LogP contribution in [0.2, 0.25) is 0 Å². The Morgan fingerprint density at radius 1 is 0.889 bits per heavy atom. The number of nitrogens with zero attached hydrogens (tertiary/aromatic N) is 2. The molecule has 0 bridgehead atoms. The van der Waals surface area contributed by atoms with Crippen LogP contribution in [-0.2, 0) is 40.3 Å². The Morgan fingerprint density at radius 3 is 2.31 bits per heavy atom. The van der Waals surface area contributed by atoms with Gasteiger partial charge in [-0.1, -0.05) is 47.5 Å². The molecule has 0 fully saturated rings. The third-order valence-electron chi connectivity index (χ3n) is 8.07. The van der Waals surface area contributed by atoms with Gasteiger partial charge >= 0.3 is 11.9 Å². The Bertz CT molecular complexity index is 1740. The summed E-state index contributed by atoms with van der Waals surface area (Å²) in [6.07, 6.45) is 5.26. The molecule has 0 saturated carbocycles. The van der Waals surface area contributed by atoms with Gasteiger partial charge in [0, 0.05) is 36.4 Å². The lowest BCUT2D eigenvalue weighted by Crippen LogP contribution is -2.21. The summed E-state index contributed by atoms with van der Waals surface area (Å²) in [5.74, 6) is -1.06. The van der Waals surface area contributed by atoms with Crippen LogP contribution in [0.5, 0.6) is 0 Å². The van der Waals surface area contributed by atoms with Crippen LogP contribution < -0.4 is 5.73 Å². The zero-order valence-electron chi connectivity index (χ0n) is 26.3. The minimum Gasteiger partial charge on any atom is -0.462 e. The predicted molar refractivity (Wildman–Crippen MR) is 178 cm³/mol. The number of esters is 2. The van der Waals surface area contributed by atoms with E-state index in [1.54, 1.807) is 25.4 Å². The van der Waals surface area contributed by atoms with E-state index in [2.05, 4.69) is 41.6 Å². The number of carbonyl (C=O) groups is 2. The quantitative estimate of drug-likeness (QED) is 0.146. The molecule has 0 aliphatic heterocycles. The van der Waals surface area contributed by atoms with Crippen LogP contribution in [0.1, 0.15) is 51.5 Å². The summed E-state index contributed by atoms with van der Waals surface area (Å²) in [6, 6.07) is 25.8. The smallest absolute Gasteiger partial charge is 0.338 e. The van der Waals surface area contributed by atoms with Crippen molar-refractivity contribution in [1.82, 2.24) is 9.55 Å². The highest BCUT2D eigenvalue weighted by Gasteiger charge is 2.27. The normalized spacial score (nSPS) is 11.8. The lowest BCUT2D eigenvalue weighted by molar-refractivity contribution is -0.150. The number of rotatable bonds is 13. The molecule has 45 heavy (non-hydrogen) atoms. The highest BCUT2D eigenvalue weighted by Crippen LogP contribution is 2.38. The van der Waals surface area contributed by atoms with Gasteiger partial charge in [-0.3, -0.25) is 9.78 Å². The molecule has 1 unspecified atom stereocenters. The van der Waals surface area contributed by atoms with E-state index >= 15 is 0 Å². The van der Waals surface area contributed by atoms with Crippen LogP contribution in [0, 0.1) is 19.8 Å². The second kappa shape index (κ2) is 14.8. The fourth-order valence-corrected chi connectivity index (χ4v) is 6.06. The van der Waals surface area contributed by atoms with Gasteiger partial charge < -0.3 is 19.8 Å². The van der Waals surface area contributed by atoms with E-state index in [0.717, 1.165) is 50.0 Å². The Labute approximate surface area is 265 Å². The Balaban J connectivity index is 1.63. The number of hydrogen-bond donors (Lipinski definition) is 1. The van der Waals surface area contributed by atoms with Gasteiger partial charge in [0.15, 0.2) is 0 Å². The molecule has 0 radical (unpaired) electrons. The van der Waals surface area contributed by atoms with Crippen molar-refractivity contribution in [1.29, 1.82) is 0 Å². The van der Waals surface area contributed by atoms with Gasteiger partial charge in [0.1, 0.15) is 6.61 Å². The highest BCUT2D eigenvalue weighted by molar-refractivity contribution is 5.99. The number of ether oxygens (including phenoxy) is 2. The molecule has 5 aromatic rings. The molecule has 7 heteroatoms. The van der Waals surface area contributed by atoms with Crippen molar-refractivity contribution in [3.05, 3.63) is 125 Å². The lowest BCUT2D eigenvalue weighted by Gasteiger charge is -2.19. The van der Waals surface area contributed by atoms with Gasteiger partial charge in [0.2, 0.25) is 0 Å². The van der Waals surface area contributed by atoms with Crippen LogP contribution in [0.4, 0.5) is 0 Å². The minimum absolute atomic E-state index is 0.206. The number of pyridine rings is 1. The van der Waals surface area contributed by atoms with E-state index in [-0.39, 0.29) is 25.2 Å². The van der Waals surface area contributed by atoms with E-state index in [1.807, 2.05) is 54.6 Å². The SMILES string of the molecule is CCOC(=O)c1ccc2c(c1)c(CC(CCc1ccncc1)C(=O)OCc1ccccc1)c(-c1cc(C)cc(C)c1)n2CCN. The molecule has 0 aliphatic carbocycles. The molecule has 3 aromatic carbocycles. The van der Waals surface area contributed by atoms with Gasteiger partial charge in [-0.2, -0.15) is 0 Å². The van der Waals surface area contributed by atoms with E-state index in [9.17, 15) is 9.59 Å². The average molecular weight is 604 g/mol. The Kier molecular flexibility index (Phi) is 10.4. The zero-order chi connectivity index (χ0) is 31.8. The lowest BCUT2D eigenvalue weighted by atomic mass is 9.89. The molecular formula is C38H41N3O4. The molecule has 2 heterocycles. The van der Waals surface area contributed by atoms with Crippen molar-refractivity contribution >= 4 is 22.8 Å². The molecular weight excluding hydrogens is 562 g/mol. The van der Waals surface area contributed by atoms with Crippen molar-refractivity contribution in [2.24, 2.45) is 11.7 Å². The summed E-state index contributed by atoms with van der Waals surface area (Å²) in [7, 11) is 0. The summed E-state index contributed by atoms with van der Waals surface area (Å²) < 4.78 is 13.5. The van der Waals surface area contributed by atoms with E-state index in [0.29, 0.717) is 37.9 Å². The second-order valence-electron chi connectivity index (χ2n) is 11.5. The van der Waals surface area contributed by atoms with E-state index in [1.165, 1.54) is 0 Å². The average Bonchev–Trinajstić information content (AvgIpc) is 3.34. The minimum atomic E-state index is -0.435. The number of carbonyl (C=O) groups excluding carboxylic acids is 2. The fraction of sp³-hybridized carbons (Fsp3) is 0.289. The molecule has 1 atom stereocenters. The number of aromatic nitrogens is 2. The number of aryl methyl sites for hydroxylation is 3. The van der Waals surface area contributed by atoms with Crippen LogP contribution >= 0.6 is 0 Å². The van der Waals surface area contributed by atoms with Gasteiger partial charge in [-0.25, -0.2) is 4.79 Å². The van der Waals surface area contributed by atoms with Crippen molar-refractivity contribution in [2.75, 3.05) is 13.2 Å². The van der Waals surface area contributed by atoms with Crippen LogP contribution in [-0.4, -0.2) is 34.6 Å². The summed E-state index contributed by atoms with van der Waals surface area (Å²) in [5.41, 5.74) is 15.0. The third-order valence-corrected chi connectivity index (χ3v) is 8.07. The Morgan fingerprint density at radius 2 is 1.62 bits per heavy atom. The van der Waals surface area contributed by atoms with Gasteiger partial charge in [-0.05, 0) is 105 Å². The van der Waals surface area contributed by atoms with E-state index in [4.69, 9.17) is 15.2 Å². The van der Waals surface area contributed by atoms with Crippen LogP contribution in [0.15, 0.2) is 91.3 Å². The van der Waals surface area contributed by atoms with Crippen molar-refractivity contribution in [3.8, 4) is 11.3 Å². The number of nitrogens with two attached hydrogens (primary N) is 1. The first-order valence-electron chi connectivity index (χ1n) is 15.6. The summed E-state index contributed by atoms with van der Waals surface area (Å²) in [4.78, 5) is 30.9. The molecule has 2 N–H and O–H groups in total. The molecule has 0 saturated heterocycles. The number of hydrogen-bond acceptors (Lipinski definition) is 6. The maximum atomic E-state index is 13.9. The second-order valence-corrected chi connectivity index (χ2v) is 11.5. The third kappa shape index (κ3) is 7.67. The monoisotopic (exact) mass is 603 g/mol. The molecule has 5 rings (SSSR count). The van der Waals surface area contributed by atoms with Crippen molar-refractivity contribution < 1.29 is 19.1 Å². The standard InChI is InChI=1S/C38H41N3O4/c1-4-44-37(42)31-12-13-35-33(23-31)34(36(41(35)19-16-39)32-21-26(2)20-27(3)22-32)24-30(11-10-28-14-17-40-18-15-28)38(43)45-25-29-8-6-5-7-9-29/h5-9,12-15,17-18,20-23,30H,4,10-11,16,19,24-25,39H2,1-3H3. The number of fused-ring (bicyclic) bond motifs is 1. The number of benzene rings is 3. The van der Waals surface area contributed by atoms with Crippen LogP contribution in [0.25, 0.3) is 22.2 Å². The summed E-state index contributed by atoms with van der Waals surface area (Å²) in [5, 5.41) is 0.910. The molecule has 0 amide bonds.